The standard InChI is InChI=1S/C44H36N2O7S2/c1-44(37-24-14-26-55-37)27-33(36-23-13-25-54-36)45-32-21-11-12-22-34(32)46(44)40-39(53-43(49)31-19-9-4-10-20-31)38(52-42(48)30-17-7-3-8-18-30)35(51-40)28-50-41(47)29-15-5-2-6-16-29/h2-26,35,38-40H,27-28H2,1H3/t35-,38-,39-,40-,44?/m1/s1. The number of carbonyl (C=O) groups excluding carboxylic acids is 3. The van der Waals surface area contributed by atoms with E-state index in [1.807, 2.05) is 59.3 Å². The number of esters is 3. The molecule has 0 spiro atoms. The van der Waals surface area contributed by atoms with Crippen LogP contribution in [0.1, 0.15) is 54.2 Å². The summed E-state index contributed by atoms with van der Waals surface area (Å²) in [5, 5.41) is 4.05. The Labute approximate surface area is 326 Å². The lowest BCUT2D eigenvalue weighted by molar-refractivity contribution is -0.0460. The summed E-state index contributed by atoms with van der Waals surface area (Å²) in [6.07, 6.45) is -4.03. The van der Waals surface area contributed by atoms with Crippen LogP contribution in [0.4, 0.5) is 11.4 Å². The van der Waals surface area contributed by atoms with Crippen molar-refractivity contribution < 1.29 is 33.3 Å². The van der Waals surface area contributed by atoms with Crippen LogP contribution in [0.15, 0.2) is 155 Å². The first-order valence-electron chi connectivity index (χ1n) is 17.8. The molecule has 1 saturated heterocycles. The maximum atomic E-state index is 14.1. The zero-order valence-electron chi connectivity index (χ0n) is 29.7. The Balaban J connectivity index is 1.26. The maximum absolute atomic E-state index is 14.1. The zero-order chi connectivity index (χ0) is 37.8. The Bertz CT molecular complexity index is 2280. The molecule has 2 aliphatic rings. The van der Waals surface area contributed by atoms with Gasteiger partial charge in [-0.1, -0.05) is 78.9 Å². The Hall–Kier alpha value is -5.88. The second-order valence-corrected chi connectivity index (χ2v) is 15.2. The molecular formula is C44H36N2O7S2. The van der Waals surface area contributed by atoms with Gasteiger partial charge in [-0.2, -0.15) is 0 Å². The van der Waals surface area contributed by atoms with Crippen molar-refractivity contribution in [2.45, 2.75) is 43.4 Å². The van der Waals surface area contributed by atoms with Crippen molar-refractivity contribution in [1.29, 1.82) is 0 Å². The third-order valence-electron chi connectivity index (χ3n) is 9.73. The predicted molar refractivity (Wildman–Crippen MR) is 212 cm³/mol. The van der Waals surface area contributed by atoms with Gasteiger partial charge in [0.25, 0.3) is 0 Å². The van der Waals surface area contributed by atoms with Crippen molar-refractivity contribution in [3.8, 4) is 0 Å². The summed E-state index contributed by atoms with van der Waals surface area (Å²) < 4.78 is 25.6. The van der Waals surface area contributed by atoms with E-state index in [1.54, 1.807) is 102 Å². The molecule has 9 nitrogen and oxygen atoms in total. The largest absolute Gasteiger partial charge is 0.459 e. The maximum Gasteiger partial charge on any atom is 0.338 e. The monoisotopic (exact) mass is 768 g/mol. The van der Waals surface area contributed by atoms with Crippen molar-refractivity contribution in [2.75, 3.05) is 11.5 Å². The number of hydrogen-bond acceptors (Lipinski definition) is 11. The highest BCUT2D eigenvalue weighted by molar-refractivity contribution is 7.12. The highest BCUT2D eigenvalue weighted by Gasteiger charge is 2.57. The van der Waals surface area contributed by atoms with Crippen LogP contribution >= 0.6 is 22.7 Å². The van der Waals surface area contributed by atoms with Gasteiger partial charge >= 0.3 is 17.9 Å². The van der Waals surface area contributed by atoms with E-state index in [2.05, 4.69) is 24.0 Å². The molecule has 1 unspecified atom stereocenters. The van der Waals surface area contributed by atoms with Crippen LogP contribution in [-0.4, -0.2) is 54.8 Å². The third kappa shape index (κ3) is 7.46. The molecule has 2 aliphatic heterocycles. The normalized spacial score (nSPS) is 21.8. The molecule has 2 aromatic heterocycles. The minimum absolute atomic E-state index is 0.293. The number of anilines is 1. The third-order valence-corrected chi connectivity index (χ3v) is 11.8. The molecule has 6 aromatic rings. The summed E-state index contributed by atoms with van der Waals surface area (Å²) in [6.45, 7) is 1.83. The molecule has 0 N–H and O–H groups in total. The summed E-state index contributed by atoms with van der Waals surface area (Å²) in [6, 6.07) is 41.7. The summed E-state index contributed by atoms with van der Waals surface area (Å²) in [5.74, 6) is -1.84. The van der Waals surface area contributed by atoms with Gasteiger partial charge in [-0.3, -0.25) is 0 Å². The molecule has 0 aliphatic carbocycles. The first-order chi connectivity index (χ1) is 26.9. The van der Waals surface area contributed by atoms with Crippen LogP contribution in [0, 0.1) is 0 Å². The molecule has 0 amide bonds. The second kappa shape index (κ2) is 15.8. The van der Waals surface area contributed by atoms with Crippen LogP contribution in [-0.2, 0) is 24.5 Å². The number of fused-ring (bicyclic) bond motifs is 1. The highest BCUT2D eigenvalue weighted by Crippen LogP contribution is 2.49. The smallest absolute Gasteiger partial charge is 0.338 e. The van der Waals surface area contributed by atoms with E-state index in [-0.39, 0.29) is 6.61 Å². The van der Waals surface area contributed by atoms with Gasteiger partial charge in [-0.05, 0) is 78.3 Å². The number of ether oxygens (including phenoxy) is 4. The van der Waals surface area contributed by atoms with E-state index in [0.717, 1.165) is 21.2 Å². The first kappa shape index (κ1) is 36.1. The van der Waals surface area contributed by atoms with Crippen molar-refractivity contribution in [3.05, 3.63) is 177 Å². The number of thiophene rings is 2. The average molecular weight is 769 g/mol. The Morgan fingerprint density at radius 2 is 1.25 bits per heavy atom. The fourth-order valence-corrected chi connectivity index (χ4v) is 8.68. The first-order valence-corrected chi connectivity index (χ1v) is 19.6. The van der Waals surface area contributed by atoms with Crippen molar-refractivity contribution >= 4 is 57.7 Å². The van der Waals surface area contributed by atoms with Gasteiger partial charge in [0.1, 0.15) is 12.7 Å². The molecule has 8 rings (SSSR count). The van der Waals surface area contributed by atoms with E-state index < -0.39 is 48.0 Å². The van der Waals surface area contributed by atoms with Crippen molar-refractivity contribution in [3.63, 3.8) is 0 Å². The molecule has 0 saturated carbocycles. The number of para-hydroxylation sites is 2. The Morgan fingerprint density at radius 3 is 1.85 bits per heavy atom. The molecule has 1 fully saturated rings. The number of carbonyl (C=O) groups is 3. The summed E-state index contributed by atoms with van der Waals surface area (Å²) in [5.41, 5.74) is 2.45. The Morgan fingerprint density at radius 1 is 0.691 bits per heavy atom. The average Bonchev–Trinajstić information content (AvgIpc) is 4.01. The van der Waals surface area contributed by atoms with E-state index in [9.17, 15) is 14.4 Å². The molecule has 11 heteroatoms. The van der Waals surface area contributed by atoms with Crippen molar-refractivity contribution in [1.82, 2.24) is 0 Å². The molecular weight excluding hydrogens is 733 g/mol. The molecule has 0 bridgehead atoms. The summed E-state index contributed by atoms with van der Waals surface area (Å²) in [7, 11) is 0. The summed E-state index contributed by atoms with van der Waals surface area (Å²) in [4.78, 5) is 50.6. The molecule has 5 atom stereocenters. The number of hydrogen-bond donors (Lipinski definition) is 0. The lowest BCUT2D eigenvalue weighted by Gasteiger charge is -2.46. The lowest BCUT2D eigenvalue weighted by Crippen LogP contribution is -2.56. The van der Waals surface area contributed by atoms with Crippen LogP contribution < -0.4 is 4.90 Å². The van der Waals surface area contributed by atoms with Crippen LogP contribution in [0.5, 0.6) is 0 Å². The summed E-state index contributed by atoms with van der Waals surface area (Å²) >= 11 is 3.21. The van der Waals surface area contributed by atoms with Gasteiger partial charge in [0.15, 0.2) is 18.4 Å². The fraction of sp³-hybridized carbons (Fsp3) is 0.182. The Kier molecular flexibility index (Phi) is 10.4. The molecule has 4 aromatic carbocycles. The highest BCUT2D eigenvalue weighted by atomic mass is 32.1. The topological polar surface area (TPSA) is 104 Å². The van der Waals surface area contributed by atoms with E-state index in [0.29, 0.717) is 28.8 Å². The predicted octanol–water partition coefficient (Wildman–Crippen LogP) is 9.09. The van der Waals surface area contributed by atoms with Crippen LogP contribution in [0.2, 0.25) is 0 Å². The number of rotatable bonds is 10. The SMILES string of the molecule is CC1(c2cccs2)CC(c2cccs2)=Nc2ccccc2N1[C@@H]1O[C@H](COC(=O)c2ccccc2)[C@@H](OC(=O)c2ccccc2)[C@H]1OC(=O)c1ccccc1. The molecule has 55 heavy (non-hydrogen) atoms. The fourth-order valence-electron chi connectivity index (χ4n) is 7.08. The van der Waals surface area contributed by atoms with Gasteiger partial charge in [0.05, 0.1) is 39.3 Å². The number of aliphatic imine (C=N–C) groups is 1. The van der Waals surface area contributed by atoms with E-state index in [1.165, 1.54) is 0 Å². The quantitative estimate of drug-likeness (QED) is 0.101. The lowest BCUT2D eigenvalue weighted by atomic mass is 9.88. The second-order valence-electron chi connectivity index (χ2n) is 13.3. The van der Waals surface area contributed by atoms with Gasteiger partial charge in [-0.15, -0.1) is 22.7 Å². The van der Waals surface area contributed by atoms with E-state index >= 15 is 0 Å². The van der Waals surface area contributed by atoms with Gasteiger partial charge in [-0.25, -0.2) is 19.4 Å². The molecule has 0 radical (unpaired) electrons. The van der Waals surface area contributed by atoms with Gasteiger partial charge in [0.2, 0.25) is 0 Å². The zero-order valence-corrected chi connectivity index (χ0v) is 31.4. The number of nitrogens with zero attached hydrogens (tertiary/aromatic N) is 2. The minimum atomic E-state index is -1.20. The number of benzene rings is 4. The van der Waals surface area contributed by atoms with Crippen molar-refractivity contribution in [2.24, 2.45) is 4.99 Å². The molecule has 276 valence electrons. The van der Waals surface area contributed by atoms with Crippen LogP contribution in [0.25, 0.3) is 0 Å². The van der Waals surface area contributed by atoms with E-state index in [4.69, 9.17) is 23.9 Å². The van der Waals surface area contributed by atoms with Gasteiger partial charge < -0.3 is 23.8 Å². The molecule has 4 heterocycles. The minimum Gasteiger partial charge on any atom is -0.459 e. The van der Waals surface area contributed by atoms with Gasteiger partial charge in [0, 0.05) is 16.2 Å². The van der Waals surface area contributed by atoms with Crippen LogP contribution in [0.3, 0.4) is 0 Å².